The van der Waals surface area contributed by atoms with Gasteiger partial charge in [0.1, 0.15) is 5.75 Å². The summed E-state index contributed by atoms with van der Waals surface area (Å²) in [5.74, 6) is 0.845. The molecule has 0 radical (unpaired) electrons. The number of methoxy groups -OCH3 is 1. The predicted molar refractivity (Wildman–Crippen MR) is 139 cm³/mol. The number of hydrogen-bond acceptors (Lipinski definition) is 3. The van der Waals surface area contributed by atoms with Crippen LogP contribution in [0.15, 0.2) is 72.8 Å². The summed E-state index contributed by atoms with van der Waals surface area (Å²) < 4.78 is 92.5. The highest BCUT2D eigenvalue weighted by Crippen LogP contribution is 2.43. The summed E-state index contributed by atoms with van der Waals surface area (Å²) >= 11 is 0. The van der Waals surface area contributed by atoms with E-state index in [1.54, 1.807) is 7.11 Å². The molecule has 0 aromatic heterocycles. The molecule has 0 spiro atoms. The predicted octanol–water partition coefficient (Wildman–Crippen LogP) is 7.74. The zero-order chi connectivity index (χ0) is 28.5. The van der Waals surface area contributed by atoms with Crippen molar-refractivity contribution in [2.75, 3.05) is 20.2 Å². The Morgan fingerprint density at radius 1 is 0.800 bits per heavy atom. The lowest BCUT2D eigenvalue weighted by Gasteiger charge is -2.53. The van der Waals surface area contributed by atoms with Crippen LogP contribution in [0.1, 0.15) is 46.6 Å². The number of rotatable bonds is 8. The summed E-state index contributed by atoms with van der Waals surface area (Å²) in [6.45, 7) is 1.40. The van der Waals surface area contributed by atoms with Gasteiger partial charge in [-0.15, -0.1) is 0 Å². The van der Waals surface area contributed by atoms with Gasteiger partial charge in [0.05, 0.1) is 30.9 Å². The van der Waals surface area contributed by atoms with Gasteiger partial charge in [-0.1, -0.05) is 42.5 Å². The molecule has 3 aliphatic heterocycles. The van der Waals surface area contributed by atoms with E-state index in [2.05, 4.69) is 17.0 Å². The zero-order valence-electron chi connectivity index (χ0n) is 22.0. The Morgan fingerprint density at radius 2 is 1.45 bits per heavy atom. The highest BCUT2D eigenvalue weighted by molar-refractivity contribution is 5.35. The average Bonchev–Trinajstić information content (AvgIpc) is 2.95. The first-order valence-electron chi connectivity index (χ1n) is 13.3. The van der Waals surface area contributed by atoms with Gasteiger partial charge in [0.25, 0.3) is 0 Å². The molecule has 3 heterocycles. The Bertz CT molecular complexity index is 1250. The van der Waals surface area contributed by atoms with Gasteiger partial charge in [-0.2, -0.15) is 26.3 Å². The number of hydrogen-bond donors (Lipinski definition) is 0. The van der Waals surface area contributed by atoms with Crippen molar-refractivity contribution in [2.24, 2.45) is 5.92 Å². The molecule has 214 valence electrons. The van der Waals surface area contributed by atoms with Gasteiger partial charge in [0.2, 0.25) is 0 Å². The maximum absolute atomic E-state index is 13.5. The Labute approximate surface area is 229 Å². The summed E-state index contributed by atoms with van der Waals surface area (Å²) in [4.78, 5) is 2.37. The van der Waals surface area contributed by atoms with E-state index in [1.165, 1.54) is 0 Å². The molecule has 3 aromatic carbocycles. The monoisotopic (exact) mass is 563 g/mol. The van der Waals surface area contributed by atoms with Gasteiger partial charge in [-0.25, -0.2) is 0 Å². The quantitative estimate of drug-likeness (QED) is 0.262. The molecule has 9 heteroatoms. The largest absolute Gasteiger partial charge is 0.497 e. The molecule has 40 heavy (non-hydrogen) atoms. The molecule has 0 aliphatic carbocycles. The number of ether oxygens (including phenoxy) is 2. The lowest BCUT2D eigenvalue weighted by atomic mass is 9.72. The topological polar surface area (TPSA) is 21.7 Å². The highest BCUT2D eigenvalue weighted by atomic mass is 19.4. The maximum Gasteiger partial charge on any atom is 0.416 e. The van der Waals surface area contributed by atoms with Crippen LogP contribution >= 0.6 is 0 Å². The van der Waals surface area contributed by atoms with Crippen molar-refractivity contribution >= 4 is 0 Å². The summed E-state index contributed by atoms with van der Waals surface area (Å²) in [6.07, 6.45) is -7.72. The number of benzene rings is 3. The third kappa shape index (κ3) is 6.31. The number of alkyl halides is 6. The van der Waals surface area contributed by atoms with Gasteiger partial charge in [-0.05, 0) is 85.3 Å². The van der Waals surface area contributed by atoms with Crippen LogP contribution in [0.2, 0.25) is 0 Å². The van der Waals surface area contributed by atoms with Crippen molar-refractivity contribution in [3.8, 4) is 5.75 Å². The van der Waals surface area contributed by atoms with E-state index in [9.17, 15) is 26.3 Å². The van der Waals surface area contributed by atoms with E-state index in [0.717, 1.165) is 49.2 Å². The lowest BCUT2D eigenvalue weighted by Crippen LogP contribution is -2.61. The van der Waals surface area contributed by atoms with Gasteiger partial charge in [-0.3, -0.25) is 4.90 Å². The second-order valence-corrected chi connectivity index (χ2v) is 10.6. The molecule has 6 rings (SSSR count). The molecule has 0 amide bonds. The van der Waals surface area contributed by atoms with E-state index < -0.39 is 23.5 Å². The fraction of sp³-hybridized carbons (Fsp3) is 0.419. The third-order valence-electron chi connectivity index (χ3n) is 8.12. The van der Waals surface area contributed by atoms with E-state index in [4.69, 9.17) is 9.47 Å². The van der Waals surface area contributed by atoms with Crippen molar-refractivity contribution in [1.29, 1.82) is 0 Å². The molecule has 3 aliphatic rings. The van der Waals surface area contributed by atoms with Gasteiger partial charge >= 0.3 is 12.4 Å². The number of fused-ring (bicyclic) bond motifs is 3. The Balaban J connectivity index is 1.48. The van der Waals surface area contributed by atoms with Crippen LogP contribution in [0, 0.1) is 5.92 Å². The van der Waals surface area contributed by atoms with E-state index >= 15 is 0 Å². The van der Waals surface area contributed by atoms with Crippen molar-refractivity contribution in [3.63, 3.8) is 0 Å². The van der Waals surface area contributed by atoms with Crippen LogP contribution in [0.25, 0.3) is 0 Å². The van der Waals surface area contributed by atoms with Crippen LogP contribution in [0.4, 0.5) is 26.3 Å². The van der Waals surface area contributed by atoms with Crippen LogP contribution in [-0.2, 0) is 30.1 Å². The maximum atomic E-state index is 13.5. The fourth-order valence-corrected chi connectivity index (χ4v) is 6.22. The van der Waals surface area contributed by atoms with E-state index in [0.29, 0.717) is 12.2 Å². The van der Waals surface area contributed by atoms with Crippen LogP contribution < -0.4 is 4.74 Å². The van der Waals surface area contributed by atoms with Gasteiger partial charge < -0.3 is 9.47 Å². The molecule has 0 N–H and O–H groups in total. The minimum atomic E-state index is -4.90. The van der Waals surface area contributed by atoms with Crippen molar-refractivity contribution in [3.05, 3.63) is 101 Å². The SMILES string of the molecule is COc1cccc(C(Cc2ccccc2)C2C(OCc3cc(C(F)(F)F)cc(C(F)(F)F)c3)C3CCN2CC3)c1. The minimum absolute atomic E-state index is 0.0298. The molecule has 3 fully saturated rings. The van der Waals surface area contributed by atoms with Crippen molar-refractivity contribution < 1.29 is 35.8 Å². The Kier molecular flexibility index (Phi) is 8.15. The first kappa shape index (κ1) is 28.5. The molecule has 2 bridgehead atoms. The van der Waals surface area contributed by atoms with Crippen LogP contribution in [-0.4, -0.2) is 37.2 Å². The fourth-order valence-electron chi connectivity index (χ4n) is 6.22. The summed E-state index contributed by atoms with van der Waals surface area (Å²) in [6, 6.07) is 19.4. The molecule has 3 nitrogen and oxygen atoms in total. The molecular formula is C31H31F6NO2. The molecule has 3 aromatic rings. The molecule has 3 atom stereocenters. The van der Waals surface area contributed by atoms with Crippen LogP contribution in [0.5, 0.6) is 5.75 Å². The summed E-state index contributed by atoms with van der Waals surface area (Å²) in [7, 11) is 1.60. The lowest BCUT2D eigenvalue weighted by molar-refractivity contribution is -0.143. The molecule has 3 saturated heterocycles. The smallest absolute Gasteiger partial charge is 0.416 e. The summed E-state index contributed by atoms with van der Waals surface area (Å²) in [5.41, 5.74) is -0.620. The summed E-state index contributed by atoms with van der Waals surface area (Å²) in [5, 5.41) is 0. The normalized spacial score (nSPS) is 23.7. The zero-order valence-corrected chi connectivity index (χ0v) is 22.0. The Morgan fingerprint density at radius 3 is 2.05 bits per heavy atom. The first-order valence-corrected chi connectivity index (χ1v) is 13.3. The van der Waals surface area contributed by atoms with Crippen molar-refractivity contribution in [1.82, 2.24) is 4.90 Å². The van der Waals surface area contributed by atoms with Crippen LogP contribution in [0.3, 0.4) is 0 Å². The Hall–Kier alpha value is -3.04. The van der Waals surface area contributed by atoms with E-state index in [1.807, 2.05) is 42.5 Å². The first-order chi connectivity index (χ1) is 19.0. The second kappa shape index (κ2) is 11.4. The number of piperidine rings is 3. The molecule has 0 saturated carbocycles. The second-order valence-electron chi connectivity index (χ2n) is 10.6. The van der Waals surface area contributed by atoms with E-state index in [-0.39, 0.29) is 42.2 Å². The van der Waals surface area contributed by atoms with Gasteiger partial charge in [0.15, 0.2) is 0 Å². The molecular weight excluding hydrogens is 532 g/mol. The van der Waals surface area contributed by atoms with Gasteiger partial charge in [0, 0.05) is 12.0 Å². The average molecular weight is 564 g/mol. The molecule has 3 unspecified atom stereocenters. The van der Waals surface area contributed by atoms with Crippen molar-refractivity contribution in [2.45, 2.75) is 56.3 Å². The minimum Gasteiger partial charge on any atom is -0.497 e. The highest BCUT2D eigenvalue weighted by Gasteiger charge is 2.47. The standard InChI is InChI=1S/C31H31F6NO2/c1-39-26-9-5-8-23(17-26)27(16-20-6-3-2-4-7-20)28-29(22-10-12-38(28)13-11-22)40-19-21-14-24(30(32,33)34)18-25(15-21)31(35,36)37/h2-9,14-15,17-18,22,27-29H,10-13,16,19H2,1H3. The number of nitrogens with zero attached hydrogens (tertiary/aromatic N) is 1. The number of halogens is 6. The third-order valence-corrected chi connectivity index (χ3v) is 8.12.